The van der Waals surface area contributed by atoms with Gasteiger partial charge in [-0.05, 0) is 49.2 Å². The van der Waals surface area contributed by atoms with Crippen molar-refractivity contribution < 1.29 is 14.7 Å². The molecule has 5 rings (SSSR count). The van der Waals surface area contributed by atoms with E-state index in [1.165, 1.54) is 17.0 Å². The maximum absolute atomic E-state index is 12.0. The largest absolute Gasteiger partial charge is 0.481 e. The first-order chi connectivity index (χ1) is 14.0. The number of nitrogens with zero attached hydrogens (tertiary/aromatic N) is 3. The fourth-order valence-electron chi connectivity index (χ4n) is 4.78. The number of carbonyl (C=O) groups excluding carboxylic acids is 1. The van der Waals surface area contributed by atoms with E-state index >= 15 is 0 Å². The number of aromatic nitrogens is 2. The molecule has 3 aliphatic rings. The van der Waals surface area contributed by atoms with Crippen LogP contribution in [-0.4, -0.2) is 57.3 Å². The Kier molecular flexibility index (Phi) is 6.01. The van der Waals surface area contributed by atoms with Gasteiger partial charge >= 0.3 is 5.97 Å². The lowest BCUT2D eigenvalue weighted by Crippen LogP contribution is -2.56. The first-order valence-electron chi connectivity index (χ1n) is 10.3. The zero-order valence-corrected chi connectivity index (χ0v) is 17.5. The van der Waals surface area contributed by atoms with Crippen molar-refractivity contribution in [1.82, 2.24) is 20.0 Å². The van der Waals surface area contributed by atoms with Gasteiger partial charge in [-0.25, -0.2) is 0 Å². The summed E-state index contributed by atoms with van der Waals surface area (Å²) in [6.45, 7) is 2.74. The number of thiophene rings is 1. The standard InChI is InChI=1S/C21H28N4O3S/c1-24-18(11-17(23-24)19-4-3-9-29-19)16-13-25-8-7-14(16)10-15(25)12-22-20(26)5-2-6-21(27)28/h3-4,9,11,14-16H,2,5-8,10,12-13H2,1H3,(H,22,26)(H,27,28). The first-order valence-corrected chi connectivity index (χ1v) is 11.2. The second kappa shape index (κ2) is 8.67. The summed E-state index contributed by atoms with van der Waals surface area (Å²) in [5.74, 6) is 0.201. The van der Waals surface area contributed by atoms with Gasteiger partial charge < -0.3 is 10.4 Å². The first kappa shape index (κ1) is 20.1. The fraction of sp³-hybridized carbons (Fsp3) is 0.571. The molecule has 3 saturated heterocycles. The minimum atomic E-state index is -0.850. The Morgan fingerprint density at radius 2 is 2.24 bits per heavy atom. The molecule has 2 N–H and O–H groups in total. The second-order valence-corrected chi connectivity index (χ2v) is 9.09. The molecule has 0 aliphatic carbocycles. The summed E-state index contributed by atoms with van der Waals surface area (Å²) in [6, 6.07) is 6.79. The van der Waals surface area contributed by atoms with Gasteiger partial charge in [-0.2, -0.15) is 5.10 Å². The number of carboxylic acid groups (broad SMARTS) is 1. The average molecular weight is 417 g/mol. The zero-order chi connectivity index (χ0) is 20.4. The molecule has 7 nitrogen and oxygen atoms in total. The molecule has 0 radical (unpaired) electrons. The van der Waals surface area contributed by atoms with Gasteiger partial charge in [0.15, 0.2) is 0 Å². The molecule has 2 aromatic rings. The van der Waals surface area contributed by atoms with Crippen molar-refractivity contribution in [2.45, 2.75) is 44.1 Å². The lowest BCUT2D eigenvalue weighted by atomic mass is 9.74. The van der Waals surface area contributed by atoms with Gasteiger partial charge in [0.25, 0.3) is 0 Å². The highest BCUT2D eigenvalue weighted by atomic mass is 32.1. The van der Waals surface area contributed by atoms with E-state index in [1.54, 1.807) is 11.3 Å². The highest BCUT2D eigenvalue weighted by molar-refractivity contribution is 7.13. The summed E-state index contributed by atoms with van der Waals surface area (Å²) in [7, 11) is 2.04. The number of piperidine rings is 3. The number of hydrogen-bond donors (Lipinski definition) is 2. The Labute approximate surface area is 174 Å². The molecule has 29 heavy (non-hydrogen) atoms. The minimum absolute atomic E-state index is 0.0438. The van der Waals surface area contributed by atoms with Crippen LogP contribution in [0.25, 0.3) is 10.6 Å². The van der Waals surface area contributed by atoms with E-state index in [0.717, 1.165) is 25.2 Å². The molecule has 8 heteroatoms. The Morgan fingerprint density at radius 1 is 1.38 bits per heavy atom. The molecule has 4 atom stereocenters. The van der Waals surface area contributed by atoms with Gasteiger partial charge in [-0.15, -0.1) is 11.3 Å². The molecule has 156 valence electrons. The molecule has 2 bridgehead atoms. The number of carbonyl (C=O) groups is 2. The third kappa shape index (κ3) is 4.53. The Hall–Kier alpha value is -2.19. The van der Waals surface area contributed by atoms with Crippen LogP contribution in [0.1, 0.15) is 43.7 Å². The topological polar surface area (TPSA) is 87.5 Å². The van der Waals surface area contributed by atoms with E-state index < -0.39 is 5.97 Å². The van der Waals surface area contributed by atoms with Crippen molar-refractivity contribution in [3.8, 4) is 10.6 Å². The number of aliphatic carboxylic acids is 1. The Bertz CT molecular complexity index is 863. The van der Waals surface area contributed by atoms with Gasteiger partial charge in [0.05, 0.1) is 4.88 Å². The summed E-state index contributed by atoms with van der Waals surface area (Å²) in [6.07, 6.45) is 3.00. The molecule has 0 aromatic carbocycles. The predicted molar refractivity (Wildman–Crippen MR) is 112 cm³/mol. The maximum atomic E-state index is 12.0. The number of aryl methyl sites for hydroxylation is 1. The van der Waals surface area contributed by atoms with Crippen molar-refractivity contribution in [3.63, 3.8) is 0 Å². The molecule has 2 aromatic heterocycles. The Balaban J connectivity index is 1.34. The van der Waals surface area contributed by atoms with Crippen LogP contribution in [0.3, 0.4) is 0 Å². The number of rotatable bonds is 8. The van der Waals surface area contributed by atoms with Crippen LogP contribution in [0, 0.1) is 5.92 Å². The molecule has 5 heterocycles. The Morgan fingerprint density at radius 3 is 2.93 bits per heavy atom. The van der Waals surface area contributed by atoms with Crippen molar-refractivity contribution in [1.29, 1.82) is 0 Å². The van der Waals surface area contributed by atoms with Crippen molar-refractivity contribution >= 4 is 23.2 Å². The van der Waals surface area contributed by atoms with Gasteiger partial charge in [0, 0.05) is 50.6 Å². The van der Waals surface area contributed by atoms with E-state index in [9.17, 15) is 9.59 Å². The maximum Gasteiger partial charge on any atom is 0.303 e. The molecule has 0 spiro atoms. The third-order valence-corrected chi connectivity index (χ3v) is 7.17. The van der Waals surface area contributed by atoms with Gasteiger partial charge in [0.1, 0.15) is 5.69 Å². The minimum Gasteiger partial charge on any atom is -0.481 e. The molecule has 3 fully saturated rings. The molecular weight excluding hydrogens is 388 g/mol. The lowest BCUT2D eigenvalue weighted by molar-refractivity contribution is -0.137. The van der Waals surface area contributed by atoms with Crippen LogP contribution in [0.15, 0.2) is 23.6 Å². The van der Waals surface area contributed by atoms with Gasteiger partial charge in [-0.3, -0.25) is 19.2 Å². The van der Waals surface area contributed by atoms with Crippen LogP contribution in [0.5, 0.6) is 0 Å². The summed E-state index contributed by atoms with van der Waals surface area (Å²) < 4.78 is 2.04. The van der Waals surface area contributed by atoms with Crippen molar-refractivity contribution in [2.75, 3.05) is 19.6 Å². The monoisotopic (exact) mass is 416 g/mol. The normalized spacial score (nSPS) is 25.8. The smallest absolute Gasteiger partial charge is 0.303 e. The van der Waals surface area contributed by atoms with Gasteiger partial charge in [0.2, 0.25) is 5.91 Å². The van der Waals surface area contributed by atoms with Crippen LogP contribution >= 0.6 is 11.3 Å². The summed E-state index contributed by atoms with van der Waals surface area (Å²) >= 11 is 1.72. The lowest BCUT2D eigenvalue weighted by Gasteiger charge is -2.50. The van der Waals surface area contributed by atoms with Gasteiger partial charge in [-0.1, -0.05) is 6.07 Å². The number of nitrogens with one attached hydrogen (secondary N) is 1. The van der Waals surface area contributed by atoms with E-state index in [0.29, 0.717) is 30.8 Å². The third-order valence-electron chi connectivity index (χ3n) is 6.28. The SMILES string of the molecule is Cn1nc(-c2cccs2)cc1C1CN2CCC1CC2CNC(=O)CCCC(=O)O. The number of carboxylic acids is 1. The van der Waals surface area contributed by atoms with Crippen molar-refractivity contribution in [3.05, 3.63) is 29.3 Å². The molecule has 1 amide bonds. The molecular formula is C21H28N4O3S. The van der Waals surface area contributed by atoms with E-state index in [-0.39, 0.29) is 18.7 Å². The zero-order valence-electron chi connectivity index (χ0n) is 16.7. The van der Waals surface area contributed by atoms with Crippen LogP contribution < -0.4 is 5.32 Å². The molecule has 0 saturated carbocycles. The number of amides is 1. The average Bonchev–Trinajstić information content (AvgIpc) is 3.36. The van der Waals surface area contributed by atoms with Crippen LogP contribution in [0.2, 0.25) is 0 Å². The summed E-state index contributed by atoms with van der Waals surface area (Å²) in [4.78, 5) is 26.3. The van der Waals surface area contributed by atoms with E-state index in [1.807, 2.05) is 11.7 Å². The second-order valence-electron chi connectivity index (χ2n) is 8.15. The van der Waals surface area contributed by atoms with Crippen LogP contribution in [0.4, 0.5) is 0 Å². The quantitative estimate of drug-likeness (QED) is 0.691. The summed E-state index contributed by atoms with van der Waals surface area (Å²) in [5, 5.41) is 18.5. The molecule has 4 unspecified atom stereocenters. The van der Waals surface area contributed by atoms with E-state index in [2.05, 4.69) is 33.8 Å². The number of fused-ring (bicyclic) bond motifs is 3. The fourth-order valence-corrected chi connectivity index (χ4v) is 5.46. The summed E-state index contributed by atoms with van der Waals surface area (Å²) in [5.41, 5.74) is 2.36. The van der Waals surface area contributed by atoms with Crippen molar-refractivity contribution in [2.24, 2.45) is 13.0 Å². The van der Waals surface area contributed by atoms with Crippen LogP contribution in [-0.2, 0) is 16.6 Å². The molecule has 3 aliphatic heterocycles. The predicted octanol–water partition coefficient (Wildman–Crippen LogP) is 2.70. The highest BCUT2D eigenvalue weighted by Gasteiger charge is 2.41. The highest BCUT2D eigenvalue weighted by Crippen LogP contribution is 2.42. The van der Waals surface area contributed by atoms with E-state index in [4.69, 9.17) is 10.2 Å². The number of hydrogen-bond acceptors (Lipinski definition) is 5.